The van der Waals surface area contributed by atoms with E-state index in [1.54, 1.807) is 0 Å². The highest BCUT2D eigenvalue weighted by atomic mass is 16.2. The molecule has 0 spiro atoms. The average Bonchev–Trinajstić information content (AvgIpc) is 3.21. The number of benzene rings is 1. The van der Waals surface area contributed by atoms with Crippen molar-refractivity contribution in [3.05, 3.63) is 34.9 Å². The quantitative estimate of drug-likeness (QED) is 0.891. The van der Waals surface area contributed by atoms with Crippen molar-refractivity contribution in [3.8, 4) is 0 Å². The van der Waals surface area contributed by atoms with Crippen molar-refractivity contribution < 1.29 is 9.59 Å². The van der Waals surface area contributed by atoms with Crippen LogP contribution in [-0.4, -0.2) is 54.0 Å². The number of rotatable bonds is 3. The average molecular weight is 370 g/mol. The molecule has 1 aromatic carbocycles. The second kappa shape index (κ2) is 8.32. The summed E-state index contributed by atoms with van der Waals surface area (Å²) in [5.41, 5.74) is 4.02. The summed E-state index contributed by atoms with van der Waals surface area (Å²) in [6, 6.07) is 6.96. The van der Waals surface area contributed by atoms with Crippen LogP contribution in [-0.2, 0) is 24.1 Å². The first-order chi connectivity index (χ1) is 13.2. The monoisotopic (exact) mass is 369 g/mol. The lowest BCUT2D eigenvalue weighted by Gasteiger charge is -2.35. The fourth-order valence-electron chi connectivity index (χ4n) is 4.68. The van der Waals surface area contributed by atoms with Crippen LogP contribution in [0.3, 0.4) is 0 Å². The molecule has 0 bridgehead atoms. The summed E-state index contributed by atoms with van der Waals surface area (Å²) in [6.07, 6.45) is 9.98. The molecule has 1 aromatic rings. The fourth-order valence-corrected chi connectivity index (χ4v) is 4.68. The number of urea groups is 1. The molecule has 0 aromatic heterocycles. The molecule has 1 heterocycles. The van der Waals surface area contributed by atoms with Gasteiger partial charge >= 0.3 is 6.03 Å². The Morgan fingerprint density at radius 3 is 2.30 bits per heavy atom. The molecule has 2 aliphatic carbocycles. The normalized spacial score (nSPS) is 20.4. The highest BCUT2D eigenvalue weighted by Crippen LogP contribution is 2.23. The molecule has 5 heteroatoms. The highest BCUT2D eigenvalue weighted by Gasteiger charge is 2.26. The molecule has 3 aliphatic rings. The molecular formula is C22H31N3O2. The third kappa shape index (κ3) is 4.45. The van der Waals surface area contributed by atoms with E-state index in [9.17, 15) is 9.59 Å². The minimum atomic E-state index is 0.0451. The molecule has 1 saturated heterocycles. The molecule has 27 heavy (non-hydrogen) atoms. The molecule has 5 nitrogen and oxygen atoms in total. The van der Waals surface area contributed by atoms with Crippen molar-refractivity contribution in [2.75, 3.05) is 26.2 Å². The van der Waals surface area contributed by atoms with Crippen LogP contribution in [0.15, 0.2) is 18.2 Å². The zero-order valence-electron chi connectivity index (χ0n) is 16.2. The van der Waals surface area contributed by atoms with E-state index >= 15 is 0 Å². The van der Waals surface area contributed by atoms with Gasteiger partial charge in [-0.05, 0) is 55.2 Å². The number of nitrogens with one attached hydrogen (secondary N) is 1. The summed E-state index contributed by atoms with van der Waals surface area (Å²) in [4.78, 5) is 28.8. The van der Waals surface area contributed by atoms with Gasteiger partial charge in [0.1, 0.15) is 0 Å². The fraction of sp³-hybridized carbons (Fsp3) is 0.636. The van der Waals surface area contributed by atoms with Gasteiger partial charge in [-0.15, -0.1) is 0 Å². The lowest BCUT2D eigenvalue weighted by atomic mass is 9.90. The Morgan fingerprint density at radius 2 is 1.56 bits per heavy atom. The molecule has 146 valence electrons. The van der Waals surface area contributed by atoms with Crippen LogP contribution in [0.2, 0.25) is 0 Å². The summed E-state index contributed by atoms with van der Waals surface area (Å²) >= 11 is 0. The number of fused-ring (bicyclic) bond motifs is 1. The first kappa shape index (κ1) is 18.3. The van der Waals surface area contributed by atoms with Crippen LogP contribution in [0.1, 0.15) is 55.2 Å². The number of piperazine rings is 1. The van der Waals surface area contributed by atoms with Crippen LogP contribution < -0.4 is 5.32 Å². The van der Waals surface area contributed by atoms with E-state index in [4.69, 9.17) is 0 Å². The van der Waals surface area contributed by atoms with Crippen molar-refractivity contribution >= 4 is 11.9 Å². The van der Waals surface area contributed by atoms with Crippen molar-refractivity contribution in [2.45, 2.75) is 63.8 Å². The molecule has 1 saturated carbocycles. The second-order valence-electron chi connectivity index (χ2n) is 8.29. The van der Waals surface area contributed by atoms with E-state index in [-0.39, 0.29) is 11.9 Å². The third-order valence-corrected chi connectivity index (χ3v) is 6.37. The lowest BCUT2D eigenvalue weighted by molar-refractivity contribution is -0.131. The first-order valence-electron chi connectivity index (χ1n) is 10.6. The number of carbonyl (C=O) groups excluding carboxylic acids is 2. The van der Waals surface area contributed by atoms with Gasteiger partial charge in [0, 0.05) is 32.2 Å². The predicted octanol–water partition coefficient (Wildman–Crippen LogP) is 2.90. The number of aryl methyl sites for hydroxylation is 2. The summed E-state index contributed by atoms with van der Waals surface area (Å²) in [6.45, 7) is 2.55. The van der Waals surface area contributed by atoms with Crippen molar-refractivity contribution in [3.63, 3.8) is 0 Å². The Morgan fingerprint density at radius 1 is 0.889 bits per heavy atom. The summed E-state index contributed by atoms with van der Waals surface area (Å²) in [5, 5.41) is 3.14. The topological polar surface area (TPSA) is 52.7 Å². The molecule has 4 rings (SSSR count). The van der Waals surface area contributed by atoms with Crippen LogP contribution in [0.4, 0.5) is 4.79 Å². The zero-order chi connectivity index (χ0) is 18.6. The van der Waals surface area contributed by atoms with E-state index in [1.165, 1.54) is 43.2 Å². The molecule has 1 aliphatic heterocycles. The molecule has 3 amide bonds. The highest BCUT2D eigenvalue weighted by molar-refractivity contribution is 5.80. The van der Waals surface area contributed by atoms with Crippen LogP contribution in [0.5, 0.6) is 0 Å². The SMILES string of the molecule is O=C(Cc1ccc2c(c1)CCCC2)N1CCN(C(=O)NC2CCCC2)CC1. The Bertz CT molecular complexity index is 689. The molecule has 0 unspecified atom stereocenters. The smallest absolute Gasteiger partial charge is 0.317 e. The van der Waals surface area contributed by atoms with Gasteiger partial charge < -0.3 is 15.1 Å². The number of hydrogen-bond acceptors (Lipinski definition) is 2. The van der Waals surface area contributed by atoms with Crippen LogP contribution in [0, 0.1) is 0 Å². The molecule has 2 fully saturated rings. The van der Waals surface area contributed by atoms with Gasteiger partial charge in [0.25, 0.3) is 0 Å². The predicted molar refractivity (Wildman–Crippen MR) is 106 cm³/mol. The maximum Gasteiger partial charge on any atom is 0.317 e. The Hall–Kier alpha value is -2.04. The molecular weight excluding hydrogens is 338 g/mol. The van der Waals surface area contributed by atoms with Crippen molar-refractivity contribution in [1.29, 1.82) is 0 Å². The standard InChI is InChI=1S/C22H31N3O2/c26-21(16-17-9-10-18-5-1-2-6-19(18)15-17)24-11-13-25(14-12-24)22(27)23-20-7-3-4-8-20/h9-10,15,20H,1-8,11-14,16H2,(H,23,27). The van der Waals surface area contributed by atoms with Gasteiger partial charge in [0.05, 0.1) is 6.42 Å². The van der Waals surface area contributed by atoms with E-state index < -0.39 is 0 Å². The van der Waals surface area contributed by atoms with E-state index in [0.29, 0.717) is 38.6 Å². The van der Waals surface area contributed by atoms with E-state index in [2.05, 4.69) is 23.5 Å². The minimum absolute atomic E-state index is 0.0451. The number of hydrogen-bond donors (Lipinski definition) is 1. The molecule has 1 N–H and O–H groups in total. The summed E-state index contributed by atoms with van der Waals surface area (Å²) in [7, 11) is 0. The minimum Gasteiger partial charge on any atom is -0.339 e. The zero-order valence-corrected chi connectivity index (χ0v) is 16.2. The van der Waals surface area contributed by atoms with Crippen LogP contribution >= 0.6 is 0 Å². The molecule has 0 radical (unpaired) electrons. The summed E-state index contributed by atoms with van der Waals surface area (Å²) < 4.78 is 0. The van der Waals surface area contributed by atoms with Gasteiger partial charge in [-0.3, -0.25) is 4.79 Å². The Labute approximate surface area is 162 Å². The maximum atomic E-state index is 12.7. The van der Waals surface area contributed by atoms with Gasteiger partial charge in [0.2, 0.25) is 5.91 Å². The maximum absolute atomic E-state index is 12.7. The van der Waals surface area contributed by atoms with Crippen LogP contribution in [0.25, 0.3) is 0 Å². The molecule has 0 atom stereocenters. The van der Waals surface area contributed by atoms with E-state index in [1.807, 2.05) is 9.80 Å². The van der Waals surface area contributed by atoms with Gasteiger partial charge in [-0.1, -0.05) is 31.0 Å². The van der Waals surface area contributed by atoms with Crippen molar-refractivity contribution in [1.82, 2.24) is 15.1 Å². The lowest BCUT2D eigenvalue weighted by Crippen LogP contribution is -2.54. The largest absolute Gasteiger partial charge is 0.339 e. The first-order valence-corrected chi connectivity index (χ1v) is 10.6. The number of amides is 3. The van der Waals surface area contributed by atoms with Crippen molar-refractivity contribution in [2.24, 2.45) is 0 Å². The summed E-state index contributed by atoms with van der Waals surface area (Å²) in [5.74, 6) is 0.182. The Kier molecular flexibility index (Phi) is 5.65. The third-order valence-electron chi connectivity index (χ3n) is 6.37. The van der Waals surface area contributed by atoms with Gasteiger partial charge in [0.15, 0.2) is 0 Å². The second-order valence-corrected chi connectivity index (χ2v) is 8.29. The Balaban J connectivity index is 1.26. The number of carbonyl (C=O) groups is 2. The van der Waals surface area contributed by atoms with E-state index in [0.717, 1.165) is 24.8 Å². The van der Waals surface area contributed by atoms with Gasteiger partial charge in [-0.2, -0.15) is 0 Å². The van der Waals surface area contributed by atoms with Gasteiger partial charge in [-0.25, -0.2) is 4.79 Å². The number of nitrogens with zero attached hydrogens (tertiary/aromatic N) is 2.